The molecule has 0 radical (unpaired) electrons. The summed E-state index contributed by atoms with van der Waals surface area (Å²) in [6.45, 7) is 8.23. The lowest BCUT2D eigenvalue weighted by molar-refractivity contribution is -0.134. The predicted molar refractivity (Wildman–Crippen MR) is 87.0 cm³/mol. The summed E-state index contributed by atoms with van der Waals surface area (Å²) in [4.78, 5) is 14.6. The van der Waals surface area contributed by atoms with Gasteiger partial charge in [-0.25, -0.2) is 0 Å². The Labute approximate surface area is 128 Å². The summed E-state index contributed by atoms with van der Waals surface area (Å²) in [5, 5.41) is 3.54. The molecule has 2 atom stereocenters. The molecule has 1 N–H and O–H groups in total. The van der Waals surface area contributed by atoms with Crippen molar-refractivity contribution in [2.75, 3.05) is 13.1 Å². The van der Waals surface area contributed by atoms with Crippen molar-refractivity contribution in [2.24, 2.45) is 5.92 Å². The summed E-state index contributed by atoms with van der Waals surface area (Å²) in [7, 11) is 0. The zero-order valence-electron chi connectivity index (χ0n) is 13.5. The lowest BCUT2D eigenvalue weighted by atomic mass is 9.95. The van der Waals surface area contributed by atoms with Crippen LogP contribution in [-0.2, 0) is 4.79 Å². The van der Waals surface area contributed by atoms with Crippen molar-refractivity contribution < 1.29 is 4.79 Å². The van der Waals surface area contributed by atoms with E-state index in [-0.39, 0.29) is 18.0 Å². The first-order valence-electron chi connectivity index (χ1n) is 8.19. The van der Waals surface area contributed by atoms with Crippen LogP contribution < -0.4 is 5.32 Å². The Morgan fingerprint density at radius 1 is 1.05 bits per heavy atom. The topological polar surface area (TPSA) is 32.3 Å². The van der Waals surface area contributed by atoms with E-state index in [0.29, 0.717) is 5.92 Å². The van der Waals surface area contributed by atoms with Crippen LogP contribution in [0.15, 0.2) is 30.3 Å². The van der Waals surface area contributed by atoms with E-state index in [1.54, 1.807) is 0 Å². The van der Waals surface area contributed by atoms with Crippen molar-refractivity contribution >= 4 is 5.91 Å². The van der Waals surface area contributed by atoms with Gasteiger partial charge >= 0.3 is 0 Å². The van der Waals surface area contributed by atoms with E-state index in [1.807, 2.05) is 17.9 Å². The number of piperidine rings is 1. The highest BCUT2D eigenvalue weighted by Gasteiger charge is 2.25. The van der Waals surface area contributed by atoms with E-state index in [0.717, 1.165) is 25.9 Å². The van der Waals surface area contributed by atoms with Gasteiger partial charge in [0.15, 0.2) is 0 Å². The molecular formula is C18H28N2O. The van der Waals surface area contributed by atoms with E-state index < -0.39 is 0 Å². The molecule has 3 nitrogen and oxygen atoms in total. The molecule has 0 aromatic heterocycles. The van der Waals surface area contributed by atoms with E-state index in [9.17, 15) is 4.79 Å². The molecule has 1 aliphatic heterocycles. The maximum Gasteiger partial charge on any atom is 0.239 e. The Bertz CT molecular complexity index is 438. The van der Waals surface area contributed by atoms with Crippen LogP contribution in [0.5, 0.6) is 0 Å². The maximum atomic E-state index is 12.6. The highest BCUT2D eigenvalue weighted by molar-refractivity contribution is 5.81. The van der Waals surface area contributed by atoms with Crippen LogP contribution in [0.3, 0.4) is 0 Å². The van der Waals surface area contributed by atoms with Gasteiger partial charge in [-0.1, -0.05) is 44.2 Å². The number of likely N-dealkylation sites (tertiary alicyclic amines) is 1. The van der Waals surface area contributed by atoms with E-state index in [2.05, 4.69) is 43.4 Å². The third-order valence-corrected chi connectivity index (χ3v) is 4.29. The van der Waals surface area contributed by atoms with Gasteiger partial charge in [-0.2, -0.15) is 0 Å². The van der Waals surface area contributed by atoms with E-state index >= 15 is 0 Å². The van der Waals surface area contributed by atoms with Gasteiger partial charge < -0.3 is 4.90 Å². The molecular weight excluding hydrogens is 260 g/mol. The van der Waals surface area contributed by atoms with Crippen LogP contribution in [0.25, 0.3) is 0 Å². The number of benzene rings is 1. The molecule has 0 aliphatic carbocycles. The highest BCUT2D eigenvalue weighted by Crippen LogP contribution is 2.22. The molecule has 1 fully saturated rings. The van der Waals surface area contributed by atoms with Gasteiger partial charge in [-0.15, -0.1) is 0 Å². The molecule has 1 saturated heterocycles. The van der Waals surface area contributed by atoms with Crippen LogP contribution in [0, 0.1) is 5.92 Å². The van der Waals surface area contributed by atoms with Crippen LogP contribution in [-0.4, -0.2) is 29.9 Å². The Kier molecular flexibility index (Phi) is 5.80. The normalized spacial score (nSPS) is 18.6. The SMILES string of the molecule is CC(NC(c1ccccc1)C(C)C)C(=O)N1CCCCC1. The van der Waals surface area contributed by atoms with Crippen LogP contribution in [0.4, 0.5) is 0 Å². The molecule has 1 aromatic rings. The Hall–Kier alpha value is -1.35. The molecule has 3 heteroatoms. The highest BCUT2D eigenvalue weighted by atomic mass is 16.2. The molecule has 21 heavy (non-hydrogen) atoms. The number of rotatable bonds is 5. The predicted octanol–water partition coefficient (Wildman–Crippen LogP) is 3.37. The summed E-state index contributed by atoms with van der Waals surface area (Å²) >= 11 is 0. The molecule has 1 amide bonds. The van der Waals surface area contributed by atoms with Crippen molar-refractivity contribution in [1.29, 1.82) is 0 Å². The van der Waals surface area contributed by atoms with Crippen molar-refractivity contribution in [1.82, 2.24) is 10.2 Å². The smallest absolute Gasteiger partial charge is 0.239 e. The second-order valence-corrected chi connectivity index (χ2v) is 6.41. The van der Waals surface area contributed by atoms with Gasteiger partial charge in [0, 0.05) is 19.1 Å². The average molecular weight is 288 g/mol. The Balaban J connectivity index is 2.01. The summed E-state index contributed by atoms with van der Waals surface area (Å²) in [5.41, 5.74) is 1.26. The van der Waals surface area contributed by atoms with Gasteiger partial charge in [0.1, 0.15) is 0 Å². The summed E-state index contributed by atoms with van der Waals surface area (Å²) < 4.78 is 0. The number of nitrogens with one attached hydrogen (secondary N) is 1. The van der Waals surface area contributed by atoms with Crippen molar-refractivity contribution in [3.8, 4) is 0 Å². The van der Waals surface area contributed by atoms with Gasteiger partial charge in [-0.3, -0.25) is 10.1 Å². The molecule has 0 spiro atoms. The summed E-state index contributed by atoms with van der Waals surface area (Å²) in [5.74, 6) is 0.695. The minimum atomic E-state index is -0.129. The summed E-state index contributed by atoms with van der Waals surface area (Å²) in [6, 6.07) is 10.5. The lowest BCUT2D eigenvalue weighted by Gasteiger charge is -2.32. The van der Waals surface area contributed by atoms with Crippen molar-refractivity contribution in [3.63, 3.8) is 0 Å². The third kappa shape index (κ3) is 4.31. The monoisotopic (exact) mass is 288 g/mol. The molecule has 2 rings (SSSR count). The first-order chi connectivity index (χ1) is 10.1. The first-order valence-corrected chi connectivity index (χ1v) is 8.19. The maximum absolute atomic E-state index is 12.6. The van der Waals surface area contributed by atoms with Crippen molar-refractivity contribution in [2.45, 2.75) is 52.1 Å². The Morgan fingerprint density at radius 2 is 1.67 bits per heavy atom. The van der Waals surface area contributed by atoms with Gasteiger partial charge in [0.2, 0.25) is 5.91 Å². The van der Waals surface area contributed by atoms with Crippen LogP contribution >= 0.6 is 0 Å². The van der Waals surface area contributed by atoms with Gasteiger partial charge in [-0.05, 0) is 37.7 Å². The van der Waals surface area contributed by atoms with Crippen LogP contribution in [0.2, 0.25) is 0 Å². The van der Waals surface area contributed by atoms with Crippen LogP contribution in [0.1, 0.15) is 51.6 Å². The second-order valence-electron chi connectivity index (χ2n) is 6.41. The second kappa shape index (κ2) is 7.60. The minimum Gasteiger partial charge on any atom is -0.341 e. The molecule has 1 aliphatic rings. The molecule has 2 unspecified atom stereocenters. The number of nitrogens with zero attached hydrogens (tertiary/aromatic N) is 1. The van der Waals surface area contributed by atoms with Gasteiger partial charge in [0.05, 0.1) is 6.04 Å². The quantitative estimate of drug-likeness (QED) is 0.901. The molecule has 1 aromatic carbocycles. The number of hydrogen-bond acceptors (Lipinski definition) is 2. The number of carbonyl (C=O) groups excluding carboxylic acids is 1. The molecule has 116 valence electrons. The first kappa shape index (κ1) is 16.0. The lowest BCUT2D eigenvalue weighted by Crippen LogP contribution is -2.48. The fourth-order valence-corrected chi connectivity index (χ4v) is 3.06. The zero-order valence-corrected chi connectivity index (χ0v) is 13.5. The fraction of sp³-hybridized carbons (Fsp3) is 0.611. The fourth-order valence-electron chi connectivity index (χ4n) is 3.06. The molecule has 1 heterocycles. The average Bonchev–Trinajstić information content (AvgIpc) is 2.53. The third-order valence-electron chi connectivity index (χ3n) is 4.29. The van der Waals surface area contributed by atoms with Crippen molar-refractivity contribution in [3.05, 3.63) is 35.9 Å². The Morgan fingerprint density at radius 3 is 2.24 bits per heavy atom. The van der Waals surface area contributed by atoms with E-state index in [1.165, 1.54) is 12.0 Å². The molecule has 0 saturated carbocycles. The minimum absolute atomic E-state index is 0.129. The molecule has 0 bridgehead atoms. The standard InChI is InChI=1S/C18H28N2O/c1-14(2)17(16-10-6-4-7-11-16)19-15(3)18(21)20-12-8-5-9-13-20/h4,6-7,10-11,14-15,17,19H,5,8-9,12-13H2,1-3H3. The van der Waals surface area contributed by atoms with E-state index in [4.69, 9.17) is 0 Å². The zero-order chi connectivity index (χ0) is 15.2. The number of carbonyl (C=O) groups is 1. The number of hydrogen-bond donors (Lipinski definition) is 1. The largest absolute Gasteiger partial charge is 0.341 e. The van der Waals surface area contributed by atoms with Gasteiger partial charge in [0.25, 0.3) is 0 Å². The number of amides is 1. The summed E-state index contributed by atoms with van der Waals surface area (Å²) in [6.07, 6.45) is 3.54.